The lowest BCUT2D eigenvalue weighted by atomic mass is 10.1. The molecule has 6 heteroatoms. The Morgan fingerprint density at radius 2 is 2.24 bits per heavy atom. The van der Waals surface area contributed by atoms with Crippen molar-refractivity contribution in [1.82, 2.24) is 4.90 Å². The molecule has 2 rings (SSSR count). The predicted molar refractivity (Wildman–Crippen MR) is 81.3 cm³/mol. The summed E-state index contributed by atoms with van der Waals surface area (Å²) in [6.45, 7) is 2.29. The van der Waals surface area contributed by atoms with Crippen LogP contribution in [0.4, 0.5) is 0 Å². The molecule has 2 atom stereocenters. The molecule has 1 fully saturated rings. The van der Waals surface area contributed by atoms with E-state index in [1.807, 2.05) is 29.2 Å². The number of morpholine rings is 1. The summed E-state index contributed by atoms with van der Waals surface area (Å²) in [6, 6.07) is 7.24. The fourth-order valence-electron chi connectivity index (χ4n) is 2.50. The van der Waals surface area contributed by atoms with Crippen molar-refractivity contribution in [1.29, 1.82) is 0 Å². The normalized spacial score (nSPS) is 21.0. The number of nitrogens with zero attached hydrogens (tertiary/aromatic N) is 1. The minimum absolute atomic E-state index is 0.0589. The molecule has 1 aliphatic rings. The van der Waals surface area contributed by atoms with Crippen LogP contribution in [0.25, 0.3) is 0 Å². The zero-order valence-electron chi connectivity index (χ0n) is 12.1. The number of carbonyl (C=O) groups excluding carboxylic acids is 1. The van der Waals surface area contributed by atoms with Crippen molar-refractivity contribution >= 4 is 17.6 Å². The Labute approximate surface area is 130 Å². The smallest absolute Gasteiger partial charge is 0.325 e. The maximum atomic E-state index is 11.8. The molecule has 1 aromatic rings. The van der Waals surface area contributed by atoms with Crippen LogP contribution in [0.5, 0.6) is 0 Å². The SMILES string of the molecule is COC(=O)C1COCCN1CC(N)Cc1ccc(Cl)cc1. The lowest BCUT2D eigenvalue weighted by Gasteiger charge is -2.35. The summed E-state index contributed by atoms with van der Waals surface area (Å²) in [5.41, 5.74) is 7.34. The molecule has 1 aliphatic heterocycles. The summed E-state index contributed by atoms with van der Waals surface area (Å²) in [6.07, 6.45) is 0.739. The van der Waals surface area contributed by atoms with Crippen molar-refractivity contribution in [2.75, 3.05) is 33.4 Å². The fraction of sp³-hybridized carbons (Fsp3) is 0.533. The van der Waals surface area contributed by atoms with Crippen LogP contribution in [0, 0.1) is 0 Å². The van der Waals surface area contributed by atoms with Gasteiger partial charge in [0.2, 0.25) is 0 Å². The lowest BCUT2D eigenvalue weighted by Crippen LogP contribution is -2.54. The van der Waals surface area contributed by atoms with Gasteiger partial charge in [-0.3, -0.25) is 9.69 Å². The van der Waals surface area contributed by atoms with Gasteiger partial charge in [0, 0.05) is 24.2 Å². The van der Waals surface area contributed by atoms with Gasteiger partial charge < -0.3 is 15.2 Å². The highest BCUT2D eigenvalue weighted by molar-refractivity contribution is 6.30. The number of rotatable bonds is 5. The molecule has 21 heavy (non-hydrogen) atoms. The van der Waals surface area contributed by atoms with Crippen molar-refractivity contribution in [3.8, 4) is 0 Å². The second-order valence-electron chi connectivity index (χ2n) is 5.20. The van der Waals surface area contributed by atoms with Crippen molar-refractivity contribution in [3.05, 3.63) is 34.9 Å². The average molecular weight is 313 g/mol. The molecular weight excluding hydrogens is 292 g/mol. The third-order valence-electron chi connectivity index (χ3n) is 3.59. The molecule has 0 aliphatic carbocycles. The molecule has 0 saturated carbocycles. The molecular formula is C15H21ClN2O3. The minimum Gasteiger partial charge on any atom is -0.468 e. The van der Waals surface area contributed by atoms with Gasteiger partial charge in [0.05, 0.1) is 20.3 Å². The van der Waals surface area contributed by atoms with Crippen molar-refractivity contribution < 1.29 is 14.3 Å². The van der Waals surface area contributed by atoms with Gasteiger partial charge in [0.1, 0.15) is 6.04 Å². The molecule has 116 valence electrons. The van der Waals surface area contributed by atoms with E-state index in [1.54, 1.807) is 0 Å². The van der Waals surface area contributed by atoms with Gasteiger partial charge in [-0.2, -0.15) is 0 Å². The third kappa shape index (κ3) is 4.68. The Balaban J connectivity index is 1.92. The molecule has 0 radical (unpaired) electrons. The Morgan fingerprint density at radius 1 is 1.52 bits per heavy atom. The summed E-state index contributed by atoms with van der Waals surface area (Å²) in [5, 5.41) is 0.714. The van der Waals surface area contributed by atoms with Gasteiger partial charge in [0.25, 0.3) is 0 Å². The standard InChI is InChI=1S/C15H21ClN2O3/c1-20-15(19)14-10-21-7-6-18(14)9-13(17)8-11-2-4-12(16)5-3-11/h2-5,13-14H,6-10,17H2,1H3. The first-order valence-electron chi connectivity index (χ1n) is 7.00. The first-order chi connectivity index (χ1) is 10.1. The lowest BCUT2D eigenvalue weighted by molar-refractivity contribution is -0.153. The van der Waals surface area contributed by atoms with Gasteiger partial charge in [-0.1, -0.05) is 23.7 Å². The second-order valence-corrected chi connectivity index (χ2v) is 5.64. The zero-order chi connectivity index (χ0) is 15.2. The van der Waals surface area contributed by atoms with E-state index in [-0.39, 0.29) is 18.1 Å². The number of methoxy groups -OCH3 is 1. The predicted octanol–water partition coefficient (Wildman–Crippen LogP) is 1.08. The maximum Gasteiger partial charge on any atom is 0.325 e. The highest BCUT2D eigenvalue weighted by atomic mass is 35.5. The first-order valence-corrected chi connectivity index (χ1v) is 7.37. The van der Waals surface area contributed by atoms with Crippen molar-refractivity contribution in [3.63, 3.8) is 0 Å². The Morgan fingerprint density at radius 3 is 2.90 bits per heavy atom. The van der Waals surface area contributed by atoms with E-state index in [9.17, 15) is 4.79 Å². The Hall–Kier alpha value is -1.14. The van der Waals surface area contributed by atoms with Crippen LogP contribution in [0.2, 0.25) is 5.02 Å². The highest BCUT2D eigenvalue weighted by Gasteiger charge is 2.31. The number of benzene rings is 1. The third-order valence-corrected chi connectivity index (χ3v) is 3.84. The number of halogens is 1. The molecule has 2 N–H and O–H groups in total. The van der Waals surface area contributed by atoms with Gasteiger partial charge in [0.15, 0.2) is 0 Å². The Bertz CT molecular complexity index is 466. The number of ether oxygens (including phenoxy) is 2. The molecule has 1 aromatic carbocycles. The molecule has 0 aromatic heterocycles. The van der Waals surface area contributed by atoms with E-state index in [1.165, 1.54) is 7.11 Å². The van der Waals surface area contributed by atoms with E-state index in [4.69, 9.17) is 26.8 Å². The van der Waals surface area contributed by atoms with E-state index < -0.39 is 0 Å². The molecule has 1 heterocycles. The van der Waals surface area contributed by atoms with Gasteiger partial charge in [-0.15, -0.1) is 0 Å². The van der Waals surface area contributed by atoms with E-state index >= 15 is 0 Å². The molecule has 1 saturated heterocycles. The molecule has 0 spiro atoms. The number of esters is 1. The Kier molecular flexibility index (Phi) is 5.99. The second kappa shape index (κ2) is 7.75. The first kappa shape index (κ1) is 16.2. The summed E-state index contributed by atoms with van der Waals surface area (Å²) in [4.78, 5) is 13.8. The van der Waals surface area contributed by atoms with Crippen molar-refractivity contribution in [2.45, 2.75) is 18.5 Å². The number of nitrogens with two attached hydrogens (primary N) is 1. The summed E-state index contributed by atoms with van der Waals surface area (Å²) >= 11 is 5.87. The van der Waals surface area contributed by atoms with Gasteiger partial charge in [-0.25, -0.2) is 0 Å². The van der Waals surface area contributed by atoms with Crippen LogP contribution in [0.15, 0.2) is 24.3 Å². The fourth-order valence-corrected chi connectivity index (χ4v) is 2.62. The van der Waals surface area contributed by atoms with E-state index in [2.05, 4.69) is 0 Å². The van der Waals surface area contributed by atoms with E-state index in [0.29, 0.717) is 31.3 Å². The number of carbonyl (C=O) groups is 1. The number of hydrogen-bond acceptors (Lipinski definition) is 5. The molecule has 0 bridgehead atoms. The van der Waals surface area contributed by atoms with Gasteiger partial charge in [-0.05, 0) is 24.1 Å². The van der Waals surface area contributed by atoms with Crippen LogP contribution in [0.1, 0.15) is 5.56 Å². The highest BCUT2D eigenvalue weighted by Crippen LogP contribution is 2.13. The van der Waals surface area contributed by atoms with Gasteiger partial charge >= 0.3 is 5.97 Å². The van der Waals surface area contributed by atoms with Crippen LogP contribution >= 0.6 is 11.6 Å². The van der Waals surface area contributed by atoms with Crippen LogP contribution in [-0.4, -0.2) is 56.4 Å². The zero-order valence-corrected chi connectivity index (χ0v) is 12.9. The summed E-state index contributed by atoms with van der Waals surface area (Å²) in [5.74, 6) is -0.270. The van der Waals surface area contributed by atoms with Crippen molar-refractivity contribution in [2.24, 2.45) is 5.73 Å². The molecule has 5 nitrogen and oxygen atoms in total. The minimum atomic E-state index is -0.361. The summed E-state index contributed by atoms with van der Waals surface area (Å²) < 4.78 is 10.2. The summed E-state index contributed by atoms with van der Waals surface area (Å²) in [7, 11) is 1.39. The monoisotopic (exact) mass is 312 g/mol. The van der Waals surface area contributed by atoms with Crippen LogP contribution < -0.4 is 5.73 Å². The van der Waals surface area contributed by atoms with Crippen LogP contribution in [-0.2, 0) is 20.7 Å². The number of hydrogen-bond donors (Lipinski definition) is 1. The topological polar surface area (TPSA) is 64.8 Å². The quantitative estimate of drug-likeness (QED) is 0.824. The van der Waals surface area contributed by atoms with E-state index in [0.717, 1.165) is 12.0 Å². The molecule has 2 unspecified atom stereocenters. The maximum absolute atomic E-state index is 11.8. The molecule has 0 amide bonds. The van der Waals surface area contributed by atoms with Crippen LogP contribution in [0.3, 0.4) is 0 Å². The average Bonchev–Trinajstić information content (AvgIpc) is 2.49. The largest absolute Gasteiger partial charge is 0.468 e.